The molecule has 1 amide bonds. The summed E-state index contributed by atoms with van der Waals surface area (Å²) in [6, 6.07) is 15.5. The van der Waals surface area contributed by atoms with Gasteiger partial charge in [0.2, 0.25) is 15.9 Å². The van der Waals surface area contributed by atoms with E-state index in [1.807, 2.05) is 42.5 Å². The number of carbonyl (C=O) groups excluding carboxylic acids is 1. The number of benzene rings is 2. The van der Waals surface area contributed by atoms with Gasteiger partial charge in [-0.05, 0) is 55.4 Å². The normalized spacial score (nSPS) is 17.3. The van der Waals surface area contributed by atoms with Gasteiger partial charge in [0, 0.05) is 18.5 Å². The van der Waals surface area contributed by atoms with E-state index in [4.69, 9.17) is 11.5 Å². The van der Waals surface area contributed by atoms with Gasteiger partial charge in [-0.3, -0.25) is 9.79 Å². The minimum absolute atomic E-state index is 0.0571. The van der Waals surface area contributed by atoms with E-state index in [9.17, 15) is 18.3 Å². The van der Waals surface area contributed by atoms with Gasteiger partial charge in [0.05, 0.1) is 17.5 Å². The first-order valence-electron chi connectivity index (χ1n) is 12.7. The van der Waals surface area contributed by atoms with E-state index < -0.39 is 16.1 Å². The number of carbonyl (C=O) groups is 1. The first-order valence-corrected chi connectivity index (χ1v) is 14.2. The topological polar surface area (TPSA) is 151 Å². The molecule has 1 saturated heterocycles. The molecule has 1 unspecified atom stereocenters. The van der Waals surface area contributed by atoms with Gasteiger partial charge in [0.25, 0.3) is 0 Å². The molecule has 10 heteroatoms. The summed E-state index contributed by atoms with van der Waals surface area (Å²) < 4.78 is 29.3. The first-order chi connectivity index (χ1) is 17.6. The molecule has 202 valence electrons. The lowest BCUT2D eigenvalue weighted by atomic mass is 9.78. The molecule has 0 bridgehead atoms. The quantitative estimate of drug-likeness (QED) is 0.199. The minimum atomic E-state index is -3.99. The fourth-order valence-corrected chi connectivity index (χ4v) is 5.97. The first kappa shape index (κ1) is 28.6. The summed E-state index contributed by atoms with van der Waals surface area (Å²) in [6.07, 6.45) is 3.06. The Kier molecular flexibility index (Phi) is 9.69. The number of amides is 1. The lowest BCUT2D eigenvalue weighted by molar-refractivity contribution is -0.138. The predicted molar refractivity (Wildman–Crippen MR) is 145 cm³/mol. The molecule has 0 radical (unpaired) electrons. The van der Waals surface area contributed by atoms with Crippen LogP contribution in [0.3, 0.4) is 0 Å². The summed E-state index contributed by atoms with van der Waals surface area (Å²) in [5.41, 5.74) is 12.6. The number of nitrogens with two attached hydrogens (primary N) is 2. The number of hydrogen-bond donors (Lipinski definition) is 4. The minimum Gasteiger partial charge on any atom is -0.394 e. The van der Waals surface area contributed by atoms with Crippen LogP contribution in [0.5, 0.6) is 0 Å². The molecule has 3 rings (SSSR count). The molecule has 1 aliphatic rings. The van der Waals surface area contributed by atoms with Crippen molar-refractivity contribution in [3.05, 3.63) is 65.7 Å². The number of aliphatic hydroxyl groups is 1. The molecule has 0 saturated carbocycles. The summed E-state index contributed by atoms with van der Waals surface area (Å²) in [5, 5.41) is 9.77. The molecule has 0 aromatic heterocycles. The van der Waals surface area contributed by atoms with Crippen LogP contribution in [0.2, 0.25) is 0 Å². The highest BCUT2D eigenvalue weighted by atomic mass is 32.2. The maximum atomic E-state index is 13.4. The second kappa shape index (κ2) is 12.5. The number of piperidine rings is 1. The van der Waals surface area contributed by atoms with Gasteiger partial charge in [-0.25, -0.2) is 8.42 Å². The summed E-state index contributed by atoms with van der Waals surface area (Å²) in [4.78, 5) is 19.1. The van der Waals surface area contributed by atoms with Crippen LogP contribution in [-0.4, -0.2) is 62.1 Å². The maximum Gasteiger partial charge on any atom is 0.241 e. The highest BCUT2D eigenvalue weighted by molar-refractivity contribution is 7.89. The van der Waals surface area contributed by atoms with E-state index in [0.29, 0.717) is 19.4 Å². The number of guanidine groups is 1. The molecule has 1 heterocycles. The SMILES string of the molecule is CC(C)(c1ccccc1)c1ccc(S(=O)(=O)NC(CCCN=C(N)N)C(=O)N2CCCC[C@H]2CO)cc1. The second-order valence-electron chi connectivity index (χ2n) is 10.0. The number of hydrogen-bond acceptors (Lipinski definition) is 5. The monoisotopic (exact) mass is 529 g/mol. The highest BCUT2D eigenvalue weighted by Crippen LogP contribution is 2.32. The van der Waals surface area contributed by atoms with Gasteiger partial charge >= 0.3 is 0 Å². The fourth-order valence-electron chi connectivity index (χ4n) is 4.74. The van der Waals surface area contributed by atoms with Crippen LogP contribution in [0.15, 0.2) is 64.5 Å². The third-order valence-electron chi connectivity index (χ3n) is 7.04. The summed E-state index contributed by atoms with van der Waals surface area (Å²) in [6.45, 7) is 4.79. The number of nitrogens with zero attached hydrogens (tertiary/aromatic N) is 2. The van der Waals surface area contributed by atoms with Crippen molar-refractivity contribution in [2.75, 3.05) is 19.7 Å². The molecule has 1 aliphatic heterocycles. The van der Waals surface area contributed by atoms with Crippen LogP contribution < -0.4 is 16.2 Å². The van der Waals surface area contributed by atoms with Crippen molar-refractivity contribution in [3.63, 3.8) is 0 Å². The van der Waals surface area contributed by atoms with E-state index >= 15 is 0 Å². The van der Waals surface area contributed by atoms with Crippen LogP contribution in [-0.2, 0) is 20.2 Å². The maximum absolute atomic E-state index is 13.4. The molecular weight excluding hydrogens is 490 g/mol. The molecule has 9 nitrogen and oxygen atoms in total. The van der Waals surface area contributed by atoms with Crippen molar-refractivity contribution >= 4 is 21.9 Å². The van der Waals surface area contributed by atoms with Crippen LogP contribution >= 0.6 is 0 Å². The average molecular weight is 530 g/mol. The van der Waals surface area contributed by atoms with Crippen molar-refractivity contribution in [2.24, 2.45) is 16.5 Å². The summed E-state index contributed by atoms with van der Waals surface area (Å²) in [7, 11) is -3.99. The highest BCUT2D eigenvalue weighted by Gasteiger charge is 2.34. The zero-order chi connectivity index (χ0) is 27.1. The molecule has 1 fully saturated rings. The third kappa shape index (κ3) is 7.30. The lowest BCUT2D eigenvalue weighted by Crippen LogP contribution is -2.54. The number of aliphatic hydroxyl groups excluding tert-OH is 1. The van der Waals surface area contributed by atoms with Crippen molar-refractivity contribution in [1.82, 2.24) is 9.62 Å². The Labute approximate surface area is 220 Å². The fraction of sp³-hybridized carbons (Fsp3) is 0.481. The molecule has 0 spiro atoms. The van der Waals surface area contributed by atoms with E-state index in [1.54, 1.807) is 17.0 Å². The van der Waals surface area contributed by atoms with Crippen molar-refractivity contribution in [2.45, 2.75) is 68.3 Å². The van der Waals surface area contributed by atoms with Crippen molar-refractivity contribution in [1.29, 1.82) is 0 Å². The van der Waals surface area contributed by atoms with E-state index in [0.717, 1.165) is 24.0 Å². The molecule has 2 aromatic rings. The Bertz CT molecular complexity index is 1160. The zero-order valence-electron chi connectivity index (χ0n) is 21.6. The molecule has 0 aliphatic carbocycles. The second-order valence-corrected chi connectivity index (χ2v) is 11.7. The van der Waals surface area contributed by atoms with Gasteiger partial charge in [-0.15, -0.1) is 0 Å². The number of sulfonamides is 1. The Morgan fingerprint density at radius 3 is 2.38 bits per heavy atom. The summed E-state index contributed by atoms with van der Waals surface area (Å²) in [5.74, 6) is -0.396. The standard InChI is InChI=1S/C27H39N5O4S/c1-27(2,20-9-4-3-5-10-20)21-13-15-23(16-14-21)37(35,36)31-24(12-8-17-30-26(28)29)25(34)32-18-7-6-11-22(32)19-33/h3-5,9-10,13-16,22,24,31,33H,6-8,11-12,17-19H2,1-2H3,(H4,28,29,30)/t22-,24?/m0/s1. The van der Waals surface area contributed by atoms with Crippen molar-refractivity contribution in [3.8, 4) is 0 Å². The zero-order valence-corrected chi connectivity index (χ0v) is 22.5. The van der Waals surface area contributed by atoms with Gasteiger partial charge in [0.15, 0.2) is 5.96 Å². The number of likely N-dealkylation sites (tertiary alicyclic amines) is 1. The number of rotatable bonds is 11. The summed E-state index contributed by atoms with van der Waals surface area (Å²) >= 11 is 0. The Morgan fingerprint density at radius 1 is 1.11 bits per heavy atom. The van der Waals surface area contributed by atoms with E-state index in [2.05, 4.69) is 23.6 Å². The molecule has 6 N–H and O–H groups in total. The van der Waals surface area contributed by atoms with Gasteiger partial charge in [-0.1, -0.05) is 56.3 Å². The Morgan fingerprint density at radius 2 is 1.76 bits per heavy atom. The average Bonchev–Trinajstić information content (AvgIpc) is 2.90. The van der Waals surface area contributed by atoms with Crippen LogP contribution in [0, 0.1) is 0 Å². The largest absolute Gasteiger partial charge is 0.394 e. The van der Waals surface area contributed by atoms with Crippen LogP contribution in [0.1, 0.15) is 57.1 Å². The van der Waals surface area contributed by atoms with Gasteiger partial charge in [0.1, 0.15) is 6.04 Å². The predicted octanol–water partition coefficient (Wildman–Crippen LogP) is 2.09. The number of aliphatic imine (C=N–C) groups is 1. The molecule has 37 heavy (non-hydrogen) atoms. The van der Waals surface area contributed by atoms with Gasteiger partial charge in [-0.2, -0.15) is 4.72 Å². The number of nitrogens with one attached hydrogen (secondary N) is 1. The molecule has 2 atom stereocenters. The van der Waals surface area contributed by atoms with E-state index in [1.165, 1.54) is 0 Å². The van der Waals surface area contributed by atoms with E-state index in [-0.39, 0.29) is 47.8 Å². The smallest absolute Gasteiger partial charge is 0.241 e. The third-order valence-corrected chi connectivity index (χ3v) is 8.53. The van der Waals surface area contributed by atoms with Crippen LogP contribution in [0.25, 0.3) is 0 Å². The van der Waals surface area contributed by atoms with Crippen molar-refractivity contribution < 1.29 is 18.3 Å². The van der Waals surface area contributed by atoms with Gasteiger partial charge < -0.3 is 21.5 Å². The Hall–Kier alpha value is -2.95. The van der Waals surface area contributed by atoms with Crippen LogP contribution in [0.4, 0.5) is 0 Å². The lowest BCUT2D eigenvalue weighted by Gasteiger charge is -2.37. The molecular formula is C27H39N5O4S. The molecule has 2 aromatic carbocycles. The Balaban J connectivity index is 1.81.